The van der Waals surface area contributed by atoms with E-state index in [0.29, 0.717) is 22.3 Å². The van der Waals surface area contributed by atoms with E-state index in [1.807, 2.05) is 18.2 Å². The predicted octanol–water partition coefficient (Wildman–Crippen LogP) is 5.79. The maximum atomic E-state index is 13.0. The van der Waals surface area contributed by atoms with E-state index in [1.54, 1.807) is 36.4 Å². The molecule has 1 aliphatic carbocycles. The monoisotopic (exact) mass is 417 g/mol. The van der Waals surface area contributed by atoms with Crippen LogP contribution in [0.4, 0.5) is 5.69 Å². The number of nitriles is 2. The molecule has 1 heterocycles. The molecule has 4 nitrogen and oxygen atoms in total. The van der Waals surface area contributed by atoms with Crippen molar-refractivity contribution in [2.45, 2.75) is 26.2 Å². The second kappa shape index (κ2) is 7.84. The number of benzene rings is 2. The van der Waals surface area contributed by atoms with Gasteiger partial charge in [-0.3, -0.25) is 4.79 Å². The Morgan fingerprint density at radius 1 is 1.00 bits per heavy atom. The predicted molar refractivity (Wildman–Crippen MR) is 127 cm³/mol. The van der Waals surface area contributed by atoms with Crippen LogP contribution in [-0.2, 0) is 5.41 Å². The van der Waals surface area contributed by atoms with Gasteiger partial charge in [-0.25, -0.2) is 0 Å². The smallest absolute Gasteiger partial charge is 0.194 e. The van der Waals surface area contributed by atoms with Crippen LogP contribution in [0, 0.1) is 29.6 Å². The number of allylic oxidation sites excluding steroid dienone is 8. The number of likely N-dealkylation sites (N-methyl/N-ethyl adjacent to an activating group) is 1. The lowest BCUT2D eigenvalue weighted by atomic mass is 9.83. The topological polar surface area (TPSA) is 67.9 Å². The molecule has 32 heavy (non-hydrogen) atoms. The standard InChI is InChI=1S/C28H23N3O/c1-18-13-14-24-23(15-18)28(2,3)25(31(24)4)12-8-7-11-22-26(19(16-29)17-30)20-9-5-6-10-21(20)27(22)32/h5-15H,1-4H3/b8-7+,22-11+,25-12-. The normalized spacial score (nSPS) is 18.8. The molecule has 0 atom stereocenters. The third kappa shape index (κ3) is 3.18. The van der Waals surface area contributed by atoms with Crippen molar-refractivity contribution in [3.05, 3.63) is 106 Å². The highest BCUT2D eigenvalue weighted by atomic mass is 16.1. The van der Waals surface area contributed by atoms with Gasteiger partial charge >= 0.3 is 0 Å². The van der Waals surface area contributed by atoms with E-state index in [9.17, 15) is 15.3 Å². The molecule has 0 fully saturated rings. The summed E-state index contributed by atoms with van der Waals surface area (Å²) in [7, 11) is 2.06. The zero-order valence-electron chi connectivity index (χ0n) is 18.6. The minimum atomic E-state index is -0.169. The van der Waals surface area contributed by atoms with Crippen molar-refractivity contribution in [1.29, 1.82) is 10.5 Å². The molecule has 0 spiro atoms. The summed E-state index contributed by atoms with van der Waals surface area (Å²) in [6.45, 7) is 6.51. The number of carbonyl (C=O) groups is 1. The van der Waals surface area contributed by atoms with Gasteiger partial charge in [-0.15, -0.1) is 0 Å². The van der Waals surface area contributed by atoms with E-state index < -0.39 is 0 Å². The van der Waals surface area contributed by atoms with E-state index in [1.165, 1.54) is 16.8 Å². The maximum absolute atomic E-state index is 13.0. The third-order valence-corrected chi connectivity index (χ3v) is 6.25. The molecule has 2 aromatic rings. The van der Waals surface area contributed by atoms with Crippen molar-refractivity contribution < 1.29 is 4.79 Å². The van der Waals surface area contributed by atoms with Gasteiger partial charge in [0.15, 0.2) is 5.78 Å². The SMILES string of the molecule is Cc1ccc2c(c1)C(C)(C)/C(=C/C=C/C=C1/C(=O)c3ccccc3C1=C(C#N)C#N)N2C. The Balaban J connectivity index is 1.72. The zero-order valence-corrected chi connectivity index (χ0v) is 18.6. The molecular weight excluding hydrogens is 394 g/mol. The van der Waals surface area contributed by atoms with E-state index in [2.05, 4.69) is 57.0 Å². The van der Waals surface area contributed by atoms with Crippen molar-refractivity contribution in [2.24, 2.45) is 0 Å². The molecule has 0 amide bonds. The van der Waals surface area contributed by atoms with Crippen LogP contribution < -0.4 is 4.90 Å². The molecule has 4 heteroatoms. The Labute approximate surface area is 188 Å². The molecule has 156 valence electrons. The average Bonchev–Trinajstić information content (AvgIpc) is 3.15. The summed E-state index contributed by atoms with van der Waals surface area (Å²) >= 11 is 0. The molecule has 0 N–H and O–H groups in total. The van der Waals surface area contributed by atoms with Gasteiger partial charge in [0.1, 0.15) is 17.7 Å². The molecule has 0 saturated carbocycles. The van der Waals surface area contributed by atoms with Gasteiger partial charge in [-0.05, 0) is 30.2 Å². The van der Waals surface area contributed by atoms with Crippen molar-refractivity contribution >= 4 is 17.0 Å². The lowest BCUT2D eigenvalue weighted by Gasteiger charge is -2.23. The fourth-order valence-corrected chi connectivity index (χ4v) is 4.62. The third-order valence-electron chi connectivity index (χ3n) is 6.25. The first kappa shape index (κ1) is 21.1. The van der Waals surface area contributed by atoms with Crippen LogP contribution in [0.2, 0.25) is 0 Å². The molecule has 0 radical (unpaired) electrons. The summed E-state index contributed by atoms with van der Waals surface area (Å²) < 4.78 is 0. The lowest BCUT2D eigenvalue weighted by molar-refractivity contribution is 0.104. The van der Waals surface area contributed by atoms with E-state index in [4.69, 9.17) is 0 Å². The summed E-state index contributed by atoms with van der Waals surface area (Å²) in [5.74, 6) is -0.169. The number of Topliss-reactive ketones (excluding diaryl/α,β-unsaturated/α-hetero) is 1. The number of fused-ring (bicyclic) bond motifs is 2. The summed E-state index contributed by atoms with van der Waals surface area (Å²) in [5, 5.41) is 18.8. The minimum Gasteiger partial charge on any atom is -0.347 e. The Morgan fingerprint density at radius 3 is 2.34 bits per heavy atom. The van der Waals surface area contributed by atoms with Crippen molar-refractivity contribution in [3.8, 4) is 12.1 Å². The van der Waals surface area contributed by atoms with Crippen LogP contribution in [0.25, 0.3) is 5.57 Å². The highest BCUT2D eigenvalue weighted by Gasteiger charge is 2.38. The largest absolute Gasteiger partial charge is 0.347 e. The first-order chi connectivity index (χ1) is 15.3. The van der Waals surface area contributed by atoms with Gasteiger partial charge in [0, 0.05) is 40.6 Å². The van der Waals surface area contributed by atoms with Gasteiger partial charge in [0.2, 0.25) is 0 Å². The summed E-state index contributed by atoms with van der Waals surface area (Å²) in [5.41, 5.74) is 6.61. The molecule has 2 aliphatic rings. The van der Waals surface area contributed by atoms with Crippen molar-refractivity contribution in [1.82, 2.24) is 0 Å². The first-order valence-corrected chi connectivity index (χ1v) is 10.4. The van der Waals surface area contributed by atoms with Crippen LogP contribution in [0.15, 0.2) is 83.6 Å². The number of anilines is 1. The summed E-state index contributed by atoms with van der Waals surface area (Å²) in [6, 6.07) is 17.5. The number of nitrogens with zero attached hydrogens (tertiary/aromatic N) is 3. The number of aryl methyl sites for hydroxylation is 1. The number of rotatable bonds is 2. The van der Waals surface area contributed by atoms with Crippen LogP contribution in [0.1, 0.15) is 40.9 Å². The molecule has 0 bridgehead atoms. The van der Waals surface area contributed by atoms with Crippen molar-refractivity contribution in [2.75, 3.05) is 11.9 Å². The number of hydrogen-bond acceptors (Lipinski definition) is 4. The van der Waals surface area contributed by atoms with E-state index in [-0.39, 0.29) is 16.8 Å². The summed E-state index contributed by atoms with van der Waals surface area (Å²) in [4.78, 5) is 15.1. The van der Waals surface area contributed by atoms with E-state index >= 15 is 0 Å². The minimum absolute atomic E-state index is 0.0521. The van der Waals surface area contributed by atoms with Gasteiger partial charge in [-0.1, -0.05) is 74.0 Å². The average molecular weight is 418 g/mol. The molecule has 1 aliphatic heterocycles. The van der Waals surface area contributed by atoms with Gasteiger partial charge in [-0.2, -0.15) is 10.5 Å². The van der Waals surface area contributed by atoms with Gasteiger partial charge in [0.05, 0.1) is 0 Å². The Morgan fingerprint density at radius 2 is 1.66 bits per heavy atom. The molecule has 0 saturated heterocycles. The Bertz CT molecular complexity index is 1340. The molecule has 0 unspecified atom stereocenters. The van der Waals surface area contributed by atoms with E-state index in [0.717, 1.165) is 5.70 Å². The van der Waals surface area contributed by atoms with Gasteiger partial charge in [0.25, 0.3) is 0 Å². The molecular formula is C28H23N3O. The molecule has 4 rings (SSSR count). The first-order valence-electron chi connectivity index (χ1n) is 10.4. The van der Waals surface area contributed by atoms with Crippen LogP contribution in [-0.4, -0.2) is 12.8 Å². The Kier molecular flexibility index (Phi) is 5.17. The van der Waals surface area contributed by atoms with Crippen LogP contribution in [0.5, 0.6) is 0 Å². The molecule has 0 aromatic heterocycles. The highest BCUT2D eigenvalue weighted by molar-refractivity contribution is 6.27. The highest BCUT2D eigenvalue weighted by Crippen LogP contribution is 2.47. The quantitative estimate of drug-likeness (QED) is 0.458. The van der Waals surface area contributed by atoms with Crippen LogP contribution >= 0.6 is 0 Å². The summed E-state index contributed by atoms with van der Waals surface area (Å²) in [6.07, 6.45) is 7.46. The lowest BCUT2D eigenvalue weighted by Crippen LogP contribution is -2.22. The second-order valence-electron chi connectivity index (χ2n) is 8.57. The number of carbonyl (C=O) groups excluding carboxylic acids is 1. The maximum Gasteiger partial charge on any atom is 0.194 e. The Hall–Kier alpha value is -4.15. The fourth-order valence-electron chi connectivity index (χ4n) is 4.62. The molecule has 2 aromatic carbocycles. The van der Waals surface area contributed by atoms with Crippen LogP contribution in [0.3, 0.4) is 0 Å². The zero-order chi connectivity index (χ0) is 23.0. The number of ketones is 1. The fraction of sp³-hybridized carbons (Fsp3) is 0.179. The second-order valence-corrected chi connectivity index (χ2v) is 8.57. The van der Waals surface area contributed by atoms with Gasteiger partial charge < -0.3 is 4.90 Å². The van der Waals surface area contributed by atoms with Crippen molar-refractivity contribution in [3.63, 3.8) is 0 Å². The number of hydrogen-bond donors (Lipinski definition) is 0.